The molecule has 2 atom stereocenters. The lowest BCUT2D eigenvalue weighted by Gasteiger charge is -2.29. The SMILES string of the molecule is CC[C@@H]1COc2c(nc(N)nc2N2CC[C@@H](N)C2)N1. The van der Waals surface area contributed by atoms with E-state index < -0.39 is 0 Å². The Hall–Kier alpha value is -1.76. The molecule has 19 heavy (non-hydrogen) atoms. The van der Waals surface area contributed by atoms with Gasteiger partial charge in [-0.1, -0.05) is 6.92 Å². The van der Waals surface area contributed by atoms with Gasteiger partial charge in [-0.2, -0.15) is 9.97 Å². The molecule has 2 aliphatic heterocycles. The molecule has 1 aromatic heterocycles. The lowest BCUT2D eigenvalue weighted by atomic mass is 10.2. The van der Waals surface area contributed by atoms with Crippen molar-refractivity contribution in [3.63, 3.8) is 0 Å². The molecule has 5 N–H and O–H groups in total. The molecule has 0 aromatic carbocycles. The average Bonchev–Trinajstić information content (AvgIpc) is 2.83. The van der Waals surface area contributed by atoms with Crippen molar-refractivity contribution >= 4 is 17.6 Å². The van der Waals surface area contributed by atoms with Crippen LogP contribution in [0.2, 0.25) is 0 Å². The zero-order chi connectivity index (χ0) is 13.4. The first-order valence-corrected chi connectivity index (χ1v) is 6.74. The standard InChI is InChI=1S/C12H20N6O/c1-2-8-6-19-9-10(15-8)16-12(14)17-11(9)18-4-3-7(13)5-18/h7-8H,2-6,13H2,1H3,(H3,14,15,16,17)/t7-,8-/m1/s1. The van der Waals surface area contributed by atoms with Gasteiger partial charge in [-0.15, -0.1) is 0 Å². The van der Waals surface area contributed by atoms with Crippen LogP contribution in [0.1, 0.15) is 19.8 Å². The largest absolute Gasteiger partial charge is 0.484 e. The van der Waals surface area contributed by atoms with Crippen molar-refractivity contribution in [2.45, 2.75) is 31.8 Å². The van der Waals surface area contributed by atoms with Crippen LogP contribution < -0.4 is 26.4 Å². The minimum absolute atomic E-state index is 0.187. The summed E-state index contributed by atoms with van der Waals surface area (Å²) in [5, 5.41) is 3.35. The maximum absolute atomic E-state index is 5.95. The molecule has 0 saturated carbocycles. The summed E-state index contributed by atoms with van der Waals surface area (Å²) in [7, 11) is 0. The number of hydrogen-bond donors (Lipinski definition) is 3. The van der Waals surface area contributed by atoms with Crippen molar-refractivity contribution < 1.29 is 4.74 Å². The maximum Gasteiger partial charge on any atom is 0.224 e. The Labute approximate surface area is 112 Å². The van der Waals surface area contributed by atoms with Gasteiger partial charge < -0.3 is 26.4 Å². The van der Waals surface area contributed by atoms with Crippen LogP contribution in [0.4, 0.5) is 17.6 Å². The fourth-order valence-corrected chi connectivity index (χ4v) is 2.52. The van der Waals surface area contributed by atoms with Crippen LogP contribution in [0.5, 0.6) is 5.75 Å². The molecule has 3 rings (SSSR count). The highest BCUT2D eigenvalue weighted by Gasteiger charge is 2.29. The van der Waals surface area contributed by atoms with Crippen molar-refractivity contribution in [2.24, 2.45) is 5.73 Å². The summed E-state index contributed by atoms with van der Waals surface area (Å²) in [4.78, 5) is 10.7. The molecule has 2 aliphatic rings. The fourth-order valence-electron chi connectivity index (χ4n) is 2.52. The van der Waals surface area contributed by atoms with Gasteiger partial charge in [-0.3, -0.25) is 0 Å². The van der Waals surface area contributed by atoms with Gasteiger partial charge in [0.25, 0.3) is 0 Å². The smallest absolute Gasteiger partial charge is 0.224 e. The van der Waals surface area contributed by atoms with E-state index in [1.165, 1.54) is 0 Å². The topological polar surface area (TPSA) is 102 Å². The number of anilines is 3. The van der Waals surface area contributed by atoms with Gasteiger partial charge in [0.05, 0.1) is 6.04 Å². The highest BCUT2D eigenvalue weighted by molar-refractivity contribution is 5.68. The van der Waals surface area contributed by atoms with E-state index in [-0.39, 0.29) is 18.0 Å². The third kappa shape index (κ3) is 2.25. The van der Waals surface area contributed by atoms with E-state index in [2.05, 4.69) is 27.1 Å². The second-order valence-electron chi connectivity index (χ2n) is 5.14. The summed E-state index contributed by atoms with van der Waals surface area (Å²) in [5.41, 5.74) is 11.7. The molecule has 0 aliphatic carbocycles. The third-order valence-electron chi connectivity index (χ3n) is 3.65. The molecule has 0 amide bonds. The molecule has 0 spiro atoms. The van der Waals surface area contributed by atoms with E-state index in [0.717, 1.165) is 31.7 Å². The number of nitrogens with two attached hydrogens (primary N) is 2. The Morgan fingerprint density at radius 3 is 3.00 bits per heavy atom. The Balaban J connectivity index is 1.94. The average molecular weight is 264 g/mol. The first kappa shape index (κ1) is 12.3. The molecule has 0 bridgehead atoms. The van der Waals surface area contributed by atoms with Crippen molar-refractivity contribution in [2.75, 3.05) is 35.6 Å². The molecule has 104 valence electrons. The van der Waals surface area contributed by atoms with Gasteiger partial charge in [-0.25, -0.2) is 0 Å². The quantitative estimate of drug-likeness (QED) is 0.700. The van der Waals surface area contributed by atoms with Gasteiger partial charge in [-0.05, 0) is 12.8 Å². The van der Waals surface area contributed by atoms with Crippen LogP contribution in [0, 0.1) is 0 Å². The summed E-state index contributed by atoms with van der Waals surface area (Å²) >= 11 is 0. The van der Waals surface area contributed by atoms with E-state index in [9.17, 15) is 0 Å². The molecule has 1 fully saturated rings. The molecular formula is C12H20N6O. The molecule has 1 saturated heterocycles. The predicted octanol–water partition coefficient (Wildman–Crippen LogP) is 0.179. The van der Waals surface area contributed by atoms with Gasteiger partial charge >= 0.3 is 0 Å². The summed E-state index contributed by atoms with van der Waals surface area (Å²) in [6.45, 7) is 4.40. The Kier molecular flexibility index (Phi) is 3.06. The zero-order valence-electron chi connectivity index (χ0n) is 11.1. The van der Waals surface area contributed by atoms with Crippen LogP contribution in [0.3, 0.4) is 0 Å². The van der Waals surface area contributed by atoms with Gasteiger partial charge in [0, 0.05) is 19.1 Å². The lowest BCUT2D eigenvalue weighted by molar-refractivity contribution is 0.279. The molecule has 0 unspecified atom stereocenters. The molecule has 0 radical (unpaired) electrons. The van der Waals surface area contributed by atoms with Crippen LogP contribution >= 0.6 is 0 Å². The number of rotatable bonds is 2. The van der Waals surface area contributed by atoms with Gasteiger partial charge in [0.15, 0.2) is 11.6 Å². The summed E-state index contributed by atoms with van der Waals surface area (Å²) in [6, 6.07) is 0.460. The third-order valence-corrected chi connectivity index (χ3v) is 3.65. The molecular weight excluding hydrogens is 244 g/mol. The van der Waals surface area contributed by atoms with Crippen LogP contribution in [-0.2, 0) is 0 Å². The Bertz CT molecular complexity index is 480. The number of aromatic nitrogens is 2. The first-order chi connectivity index (χ1) is 9.17. The molecule has 3 heterocycles. The van der Waals surface area contributed by atoms with Gasteiger partial charge in [0.2, 0.25) is 11.7 Å². The van der Waals surface area contributed by atoms with Crippen LogP contribution in [0.25, 0.3) is 0 Å². The summed E-state index contributed by atoms with van der Waals surface area (Å²) in [6.07, 6.45) is 1.94. The Morgan fingerprint density at radius 2 is 2.32 bits per heavy atom. The van der Waals surface area contributed by atoms with Gasteiger partial charge in [0.1, 0.15) is 6.61 Å². The van der Waals surface area contributed by atoms with E-state index in [4.69, 9.17) is 16.2 Å². The Morgan fingerprint density at radius 1 is 1.47 bits per heavy atom. The van der Waals surface area contributed by atoms with Crippen molar-refractivity contribution in [1.29, 1.82) is 0 Å². The maximum atomic E-state index is 5.95. The van der Waals surface area contributed by atoms with E-state index in [0.29, 0.717) is 18.2 Å². The number of nitrogens with zero attached hydrogens (tertiary/aromatic N) is 3. The number of nitrogens with one attached hydrogen (secondary N) is 1. The van der Waals surface area contributed by atoms with E-state index >= 15 is 0 Å². The minimum atomic E-state index is 0.187. The zero-order valence-corrected chi connectivity index (χ0v) is 11.1. The highest BCUT2D eigenvalue weighted by Crippen LogP contribution is 2.37. The van der Waals surface area contributed by atoms with E-state index in [1.54, 1.807) is 0 Å². The molecule has 7 heteroatoms. The predicted molar refractivity (Wildman–Crippen MR) is 74.4 cm³/mol. The van der Waals surface area contributed by atoms with Crippen LogP contribution in [0.15, 0.2) is 0 Å². The summed E-state index contributed by atoms with van der Waals surface area (Å²) in [5.74, 6) is 2.42. The minimum Gasteiger partial charge on any atom is -0.484 e. The normalized spacial score (nSPS) is 25.7. The summed E-state index contributed by atoms with van der Waals surface area (Å²) < 4.78 is 5.84. The number of nitrogen functional groups attached to an aromatic ring is 1. The first-order valence-electron chi connectivity index (χ1n) is 6.74. The number of hydrogen-bond acceptors (Lipinski definition) is 7. The molecule has 7 nitrogen and oxygen atoms in total. The molecule has 1 aromatic rings. The number of fused-ring (bicyclic) bond motifs is 1. The lowest BCUT2D eigenvalue weighted by Crippen LogP contribution is -2.34. The second-order valence-corrected chi connectivity index (χ2v) is 5.14. The number of ether oxygens (including phenoxy) is 1. The highest BCUT2D eigenvalue weighted by atomic mass is 16.5. The van der Waals surface area contributed by atoms with Crippen molar-refractivity contribution in [3.8, 4) is 5.75 Å². The van der Waals surface area contributed by atoms with E-state index in [1.807, 2.05) is 0 Å². The monoisotopic (exact) mass is 264 g/mol. The second kappa shape index (κ2) is 4.73. The van der Waals surface area contributed by atoms with Crippen LogP contribution in [-0.4, -0.2) is 41.7 Å². The van der Waals surface area contributed by atoms with Crippen molar-refractivity contribution in [3.05, 3.63) is 0 Å². The van der Waals surface area contributed by atoms with Crippen molar-refractivity contribution in [1.82, 2.24) is 9.97 Å². The fraction of sp³-hybridized carbons (Fsp3) is 0.667.